The molecule has 0 radical (unpaired) electrons. The number of alkyl halides is 1. The molecule has 0 unspecified atom stereocenters. The number of nitrogens with one attached hydrogen (secondary N) is 1. The first-order valence-electron chi connectivity index (χ1n) is 8.38. The number of methoxy groups -OCH3 is 1. The zero-order chi connectivity index (χ0) is 17.9. The first-order valence-corrected chi connectivity index (χ1v) is 9.82. The fourth-order valence-corrected chi connectivity index (χ4v) is 4.98. The second kappa shape index (κ2) is 7.90. The van der Waals surface area contributed by atoms with Gasteiger partial charge < -0.3 is 9.64 Å². The van der Waals surface area contributed by atoms with E-state index in [2.05, 4.69) is 19.8 Å². The summed E-state index contributed by atoms with van der Waals surface area (Å²) in [6.45, 7) is 1.77. The van der Waals surface area contributed by atoms with Crippen LogP contribution in [0.25, 0.3) is 0 Å². The van der Waals surface area contributed by atoms with E-state index in [9.17, 15) is 12.8 Å². The minimum Gasteiger partial charge on any atom is -0.384 e. The normalized spacial score (nSPS) is 25.8. The fraction of sp³-hybridized carbons (Fsp3) is 0.733. The molecule has 0 bridgehead atoms. The van der Waals surface area contributed by atoms with Crippen LogP contribution in [0, 0.1) is 11.8 Å². The molecule has 10 heteroatoms. The van der Waals surface area contributed by atoms with Crippen molar-refractivity contribution in [1.82, 2.24) is 19.2 Å². The Balaban J connectivity index is 1.63. The Bertz CT molecular complexity index is 656. The van der Waals surface area contributed by atoms with Gasteiger partial charge in [-0.2, -0.15) is 22.5 Å². The van der Waals surface area contributed by atoms with E-state index in [1.165, 1.54) is 4.31 Å². The molecule has 140 valence electrons. The zero-order valence-electron chi connectivity index (χ0n) is 14.2. The minimum atomic E-state index is -3.58. The Kier molecular flexibility index (Phi) is 5.82. The van der Waals surface area contributed by atoms with Gasteiger partial charge in [0.2, 0.25) is 0 Å². The highest BCUT2D eigenvalue weighted by atomic mass is 32.2. The topological polar surface area (TPSA) is 87.7 Å². The van der Waals surface area contributed by atoms with Gasteiger partial charge in [0, 0.05) is 57.4 Å². The summed E-state index contributed by atoms with van der Waals surface area (Å²) >= 11 is 0. The van der Waals surface area contributed by atoms with Crippen LogP contribution in [-0.4, -0.2) is 75.5 Å². The van der Waals surface area contributed by atoms with Gasteiger partial charge in [0.05, 0.1) is 13.3 Å². The number of hydrogen-bond acceptors (Lipinski definition) is 6. The number of ether oxygens (including phenoxy) is 1. The molecule has 8 nitrogen and oxygen atoms in total. The summed E-state index contributed by atoms with van der Waals surface area (Å²) in [6, 6.07) is 3.49. The number of piperidine rings is 1. The van der Waals surface area contributed by atoms with Crippen molar-refractivity contribution in [2.75, 3.05) is 51.5 Å². The third-order valence-electron chi connectivity index (χ3n) is 4.78. The lowest BCUT2D eigenvalue weighted by Gasteiger charge is -2.41. The molecule has 2 saturated heterocycles. The van der Waals surface area contributed by atoms with Gasteiger partial charge in [0.25, 0.3) is 10.2 Å². The molecule has 1 N–H and O–H groups in total. The summed E-state index contributed by atoms with van der Waals surface area (Å²) in [4.78, 5) is 2.09. The Labute approximate surface area is 147 Å². The SMILES string of the molecule is COC[C@@H]1CN(c2cccnn2)CC[C@@H]1NS(=O)(=O)N1CC(CF)C1. The van der Waals surface area contributed by atoms with Gasteiger partial charge in [-0.3, -0.25) is 4.39 Å². The van der Waals surface area contributed by atoms with Crippen LogP contribution in [0.5, 0.6) is 0 Å². The highest BCUT2D eigenvalue weighted by molar-refractivity contribution is 7.87. The molecular weight excluding hydrogens is 349 g/mol. The van der Waals surface area contributed by atoms with E-state index in [4.69, 9.17) is 4.74 Å². The molecule has 3 rings (SSSR count). The summed E-state index contributed by atoms with van der Waals surface area (Å²) in [5, 5.41) is 8.01. The van der Waals surface area contributed by atoms with Gasteiger partial charge in [-0.05, 0) is 18.6 Å². The zero-order valence-corrected chi connectivity index (χ0v) is 15.0. The maximum Gasteiger partial charge on any atom is 0.279 e. The standard InChI is InChI=1S/C15H24FN5O3S/c1-24-11-13-10-20(15-3-2-5-17-18-15)6-4-14(13)19-25(22,23)21-8-12(7-16)9-21/h2-3,5,12-14,19H,4,6-11H2,1H3/t13-,14-/m0/s1. The second-order valence-corrected chi connectivity index (χ2v) is 8.30. The van der Waals surface area contributed by atoms with E-state index in [1.54, 1.807) is 13.3 Å². The van der Waals surface area contributed by atoms with Crippen molar-refractivity contribution < 1.29 is 17.5 Å². The molecule has 2 fully saturated rings. The summed E-state index contributed by atoms with van der Waals surface area (Å²) in [5.41, 5.74) is 0. The van der Waals surface area contributed by atoms with Crippen molar-refractivity contribution in [3.8, 4) is 0 Å². The number of nitrogens with zero attached hydrogens (tertiary/aromatic N) is 4. The lowest BCUT2D eigenvalue weighted by molar-refractivity contribution is 0.125. The Morgan fingerprint density at radius 3 is 2.84 bits per heavy atom. The van der Waals surface area contributed by atoms with Crippen LogP contribution >= 0.6 is 0 Å². The first-order chi connectivity index (χ1) is 12.0. The summed E-state index contributed by atoms with van der Waals surface area (Å²) in [6.07, 6.45) is 2.26. The predicted molar refractivity (Wildman–Crippen MR) is 91.1 cm³/mol. The maximum absolute atomic E-state index is 12.6. The van der Waals surface area contributed by atoms with E-state index >= 15 is 0 Å². The highest BCUT2D eigenvalue weighted by Gasteiger charge is 2.39. The third kappa shape index (κ3) is 4.25. The molecule has 0 aliphatic carbocycles. The predicted octanol–water partition coefficient (Wildman–Crippen LogP) is 0.0536. The molecule has 1 aromatic rings. The van der Waals surface area contributed by atoms with Crippen molar-refractivity contribution in [2.24, 2.45) is 11.8 Å². The monoisotopic (exact) mass is 373 g/mol. The Morgan fingerprint density at radius 1 is 1.40 bits per heavy atom. The lowest BCUT2D eigenvalue weighted by atomic mass is 9.93. The number of halogens is 1. The van der Waals surface area contributed by atoms with Crippen LogP contribution in [0.3, 0.4) is 0 Å². The van der Waals surface area contributed by atoms with Crippen LogP contribution in [0.2, 0.25) is 0 Å². The smallest absolute Gasteiger partial charge is 0.279 e. The van der Waals surface area contributed by atoms with E-state index in [-0.39, 0.29) is 31.0 Å². The van der Waals surface area contributed by atoms with Gasteiger partial charge in [-0.25, -0.2) is 0 Å². The summed E-state index contributed by atoms with van der Waals surface area (Å²) < 4.78 is 46.8. The van der Waals surface area contributed by atoms with Crippen LogP contribution < -0.4 is 9.62 Å². The number of rotatable bonds is 7. The average Bonchev–Trinajstić information content (AvgIpc) is 2.56. The molecule has 0 amide bonds. The van der Waals surface area contributed by atoms with Gasteiger partial charge in [-0.15, -0.1) is 5.10 Å². The first kappa shape index (κ1) is 18.4. The molecule has 2 aliphatic rings. The molecule has 2 aliphatic heterocycles. The van der Waals surface area contributed by atoms with E-state index < -0.39 is 16.9 Å². The summed E-state index contributed by atoms with van der Waals surface area (Å²) in [7, 11) is -1.98. The van der Waals surface area contributed by atoms with E-state index in [0.717, 1.165) is 5.82 Å². The highest BCUT2D eigenvalue weighted by Crippen LogP contribution is 2.25. The third-order valence-corrected chi connectivity index (χ3v) is 6.36. The largest absolute Gasteiger partial charge is 0.384 e. The maximum atomic E-state index is 12.6. The van der Waals surface area contributed by atoms with Crippen molar-refractivity contribution >= 4 is 16.0 Å². The Hall–Kier alpha value is -1.36. The van der Waals surface area contributed by atoms with Gasteiger partial charge in [-0.1, -0.05) is 0 Å². The van der Waals surface area contributed by atoms with E-state index in [1.807, 2.05) is 12.1 Å². The number of aromatic nitrogens is 2. The van der Waals surface area contributed by atoms with Gasteiger partial charge in [0.1, 0.15) is 0 Å². The summed E-state index contributed by atoms with van der Waals surface area (Å²) in [5.74, 6) is 0.595. The minimum absolute atomic E-state index is 0.00576. The molecule has 2 atom stereocenters. The molecule has 1 aromatic heterocycles. The van der Waals surface area contributed by atoms with Gasteiger partial charge in [0.15, 0.2) is 5.82 Å². The number of anilines is 1. The molecule has 0 saturated carbocycles. The van der Waals surface area contributed by atoms with Crippen molar-refractivity contribution in [3.05, 3.63) is 18.3 Å². The lowest BCUT2D eigenvalue weighted by Crippen LogP contribution is -2.59. The van der Waals surface area contributed by atoms with Crippen LogP contribution in [0.4, 0.5) is 10.2 Å². The van der Waals surface area contributed by atoms with Crippen LogP contribution in [0.1, 0.15) is 6.42 Å². The second-order valence-electron chi connectivity index (χ2n) is 6.60. The van der Waals surface area contributed by atoms with Gasteiger partial charge >= 0.3 is 0 Å². The van der Waals surface area contributed by atoms with Crippen molar-refractivity contribution in [2.45, 2.75) is 12.5 Å². The molecular formula is C15H24FN5O3S. The van der Waals surface area contributed by atoms with Crippen LogP contribution in [-0.2, 0) is 14.9 Å². The Morgan fingerprint density at radius 2 is 2.20 bits per heavy atom. The molecule has 25 heavy (non-hydrogen) atoms. The van der Waals surface area contributed by atoms with E-state index in [0.29, 0.717) is 26.1 Å². The molecule has 0 spiro atoms. The molecule has 0 aromatic carbocycles. The average molecular weight is 373 g/mol. The quantitative estimate of drug-likeness (QED) is 0.727. The van der Waals surface area contributed by atoms with Crippen molar-refractivity contribution in [1.29, 1.82) is 0 Å². The fourth-order valence-electron chi connectivity index (χ4n) is 3.32. The van der Waals surface area contributed by atoms with Crippen LogP contribution in [0.15, 0.2) is 18.3 Å². The number of hydrogen-bond donors (Lipinski definition) is 1. The van der Waals surface area contributed by atoms with Crippen molar-refractivity contribution in [3.63, 3.8) is 0 Å². The molecule has 3 heterocycles.